The molecule has 0 bridgehead atoms. The molecule has 0 spiro atoms. The highest BCUT2D eigenvalue weighted by Crippen LogP contribution is 2.37. The first-order chi connectivity index (χ1) is 10.8. The van der Waals surface area contributed by atoms with E-state index >= 15 is 0 Å². The van der Waals surface area contributed by atoms with E-state index < -0.39 is 29.1 Å². The van der Waals surface area contributed by atoms with Gasteiger partial charge in [-0.3, -0.25) is 0 Å². The van der Waals surface area contributed by atoms with Crippen LogP contribution in [0, 0.1) is 5.82 Å². The summed E-state index contributed by atoms with van der Waals surface area (Å²) in [6.45, 7) is 0. The highest BCUT2D eigenvalue weighted by atomic mass is 19.4. The number of rotatable bonds is 2. The van der Waals surface area contributed by atoms with Gasteiger partial charge in [0.2, 0.25) is 0 Å². The smallest absolute Gasteiger partial charge is 0.417 e. The highest BCUT2D eigenvalue weighted by Gasteiger charge is 2.35. The Morgan fingerprint density at radius 2 is 1.96 bits per heavy atom. The molecule has 0 saturated carbocycles. The first kappa shape index (κ1) is 14.9. The Labute approximate surface area is 125 Å². The van der Waals surface area contributed by atoms with Gasteiger partial charge in [0.1, 0.15) is 17.2 Å². The zero-order valence-corrected chi connectivity index (χ0v) is 11.1. The standard InChI is InChI=1S/C14H7F4N3O2/c15-6-1-2-7(9(5-6)14(16,17)18)11-20-10-8(13(22)23)3-4-19-12(10)21-11/h1-5H,(H,22,23)(H,19,20,21). The molecule has 0 aliphatic rings. The van der Waals surface area contributed by atoms with Crippen LogP contribution in [-0.2, 0) is 6.18 Å². The Hall–Kier alpha value is -2.97. The minimum absolute atomic E-state index is 0.0253. The van der Waals surface area contributed by atoms with E-state index in [1.54, 1.807) is 0 Å². The van der Waals surface area contributed by atoms with E-state index in [1.807, 2.05) is 0 Å². The molecule has 0 radical (unpaired) electrons. The van der Waals surface area contributed by atoms with Gasteiger partial charge in [-0.25, -0.2) is 19.2 Å². The summed E-state index contributed by atoms with van der Waals surface area (Å²) in [6, 6.07) is 3.33. The van der Waals surface area contributed by atoms with Crippen molar-refractivity contribution in [3.05, 3.63) is 47.4 Å². The first-order valence-electron chi connectivity index (χ1n) is 6.22. The van der Waals surface area contributed by atoms with E-state index in [0.29, 0.717) is 6.07 Å². The number of aromatic carboxylic acids is 1. The van der Waals surface area contributed by atoms with Gasteiger partial charge in [-0.15, -0.1) is 0 Å². The number of H-pyrrole nitrogens is 1. The minimum Gasteiger partial charge on any atom is -0.478 e. The lowest BCUT2D eigenvalue weighted by atomic mass is 10.1. The van der Waals surface area contributed by atoms with E-state index in [4.69, 9.17) is 5.11 Å². The first-order valence-corrected chi connectivity index (χ1v) is 6.22. The molecule has 0 atom stereocenters. The Bertz CT molecular complexity index is 918. The molecule has 0 fully saturated rings. The van der Waals surface area contributed by atoms with Crippen molar-refractivity contribution in [2.24, 2.45) is 0 Å². The number of benzene rings is 1. The number of aromatic amines is 1. The van der Waals surface area contributed by atoms with Crippen molar-refractivity contribution in [2.75, 3.05) is 0 Å². The lowest BCUT2D eigenvalue weighted by Gasteiger charge is -2.11. The number of alkyl halides is 3. The third-order valence-electron chi connectivity index (χ3n) is 3.16. The van der Waals surface area contributed by atoms with E-state index in [9.17, 15) is 22.4 Å². The van der Waals surface area contributed by atoms with Crippen molar-refractivity contribution in [3.63, 3.8) is 0 Å². The Morgan fingerprint density at radius 1 is 1.22 bits per heavy atom. The van der Waals surface area contributed by atoms with Crippen LogP contribution in [-0.4, -0.2) is 26.0 Å². The van der Waals surface area contributed by atoms with Crippen LogP contribution in [0.15, 0.2) is 30.5 Å². The molecule has 5 nitrogen and oxygen atoms in total. The maximum Gasteiger partial charge on any atom is 0.417 e. The minimum atomic E-state index is -4.79. The predicted molar refractivity (Wildman–Crippen MR) is 71.2 cm³/mol. The van der Waals surface area contributed by atoms with Gasteiger partial charge >= 0.3 is 12.1 Å². The second-order valence-corrected chi connectivity index (χ2v) is 4.63. The second-order valence-electron chi connectivity index (χ2n) is 4.63. The number of carboxylic acid groups (broad SMARTS) is 1. The van der Waals surface area contributed by atoms with Crippen LogP contribution in [0.25, 0.3) is 22.6 Å². The molecule has 0 saturated heterocycles. The number of aromatic nitrogens is 3. The van der Waals surface area contributed by atoms with Crippen molar-refractivity contribution < 1.29 is 27.5 Å². The summed E-state index contributed by atoms with van der Waals surface area (Å²) in [5.74, 6) is -2.57. The number of carbonyl (C=O) groups is 1. The number of nitrogens with one attached hydrogen (secondary N) is 1. The fraction of sp³-hybridized carbons (Fsp3) is 0.0714. The average Bonchev–Trinajstić information content (AvgIpc) is 2.89. The van der Waals surface area contributed by atoms with Crippen LogP contribution in [0.3, 0.4) is 0 Å². The van der Waals surface area contributed by atoms with Crippen molar-refractivity contribution >= 4 is 17.1 Å². The number of halogens is 4. The number of carboxylic acids is 1. The van der Waals surface area contributed by atoms with Crippen LogP contribution in [0.5, 0.6) is 0 Å². The lowest BCUT2D eigenvalue weighted by molar-refractivity contribution is -0.137. The Morgan fingerprint density at radius 3 is 2.61 bits per heavy atom. The Balaban J connectivity index is 2.26. The van der Waals surface area contributed by atoms with Gasteiger partial charge in [-0.1, -0.05) is 0 Å². The molecule has 0 aliphatic heterocycles. The van der Waals surface area contributed by atoms with Crippen molar-refractivity contribution in [3.8, 4) is 11.4 Å². The summed E-state index contributed by atoms with van der Waals surface area (Å²) in [5.41, 5.74) is -1.86. The van der Waals surface area contributed by atoms with Gasteiger partial charge in [0.15, 0.2) is 5.65 Å². The largest absolute Gasteiger partial charge is 0.478 e. The van der Waals surface area contributed by atoms with Crippen LogP contribution < -0.4 is 0 Å². The summed E-state index contributed by atoms with van der Waals surface area (Å²) in [7, 11) is 0. The molecule has 3 rings (SSSR count). The molecular weight excluding hydrogens is 318 g/mol. The molecule has 2 aromatic heterocycles. The van der Waals surface area contributed by atoms with Crippen LogP contribution in [0.2, 0.25) is 0 Å². The fourth-order valence-corrected chi connectivity index (χ4v) is 2.17. The normalized spacial score (nSPS) is 11.8. The summed E-state index contributed by atoms with van der Waals surface area (Å²) >= 11 is 0. The average molecular weight is 325 g/mol. The van der Waals surface area contributed by atoms with Gasteiger partial charge in [0.25, 0.3) is 0 Å². The monoisotopic (exact) mass is 325 g/mol. The molecule has 2 heterocycles. The van der Waals surface area contributed by atoms with Crippen molar-refractivity contribution in [1.82, 2.24) is 15.0 Å². The molecule has 1 aromatic carbocycles. The van der Waals surface area contributed by atoms with Gasteiger partial charge < -0.3 is 10.1 Å². The third-order valence-corrected chi connectivity index (χ3v) is 3.16. The highest BCUT2D eigenvalue weighted by molar-refractivity contribution is 6.00. The summed E-state index contributed by atoms with van der Waals surface area (Å²) in [6.07, 6.45) is -3.59. The maximum absolute atomic E-state index is 13.1. The molecule has 0 amide bonds. The molecule has 0 unspecified atom stereocenters. The molecule has 2 N–H and O–H groups in total. The van der Waals surface area contributed by atoms with E-state index in [0.717, 1.165) is 12.1 Å². The number of fused-ring (bicyclic) bond motifs is 1. The number of hydrogen-bond donors (Lipinski definition) is 2. The maximum atomic E-state index is 13.1. The molecule has 3 aromatic rings. The van der Waals surface area contributed by atoms with Gasteiger partial charge in [0.05, 0.1) is 11.1 Å². The quantitative estimate of drug-likeness (QED) is 0.707. The molecule has 118 valence electrons. The molecular formula is C14H7F4N3O2. The van der Waals surface area contributed by atoms with Crippen molar-refractivity contribution in [1.29, 1.82) is 0 Å². The van der Waals surface area contributed by atoms with Gasteiger partial charge in [-0.05, 0) is 24.3 Å². The SMILES string of the molecule is O=C(O)c1ccnc2[nH]c(-c3ccc(F)cc3C(F)(F)F)nc12. The fourth-order valence-electron chi connectivity index (χ4n) is 2.17. The summed E-state index contributed by atoms with van der Waals surface area (Å²) in [4.78, 5) is 21.4. The molecule has 23 heavy (non-hydrogen) atoms. The van der Waals surface area contributed by atoms with Gasteiger partial charge in [0, 0.05) is 11.8 Å². The topological polar surface area (TPSA) is 78.9 Å². The van der Waals surface area contributed by atoms with E-state index in [1.165, 1.54) is 12.3 Å². The summed E-state index contributed by atoms with van der Waals surface area (Å²) < 4.78 is 52.3. The lowest BCUT2D eigenvalue weighted by Crippen LogP contribution is -2.08. The van der Waals surface area contributed by atoms with Crippen LogP contribution >= 0.6 is 0 Å². The van der Waals surface area contributed by atoms with E-state index in [2.05, 4.69) is 15.0 Å². The molecule has 0 aliphatic carbocycles. The predicted octanol–water partition coefficient (Wildman–Crippen LogP) is 3.48. The zero-order chi connectivity index (χ0) is 16.8. The van der Waals surface area contributed by atoms with Crippen LogP contribution in [0.4, 0.5) is 17.6 Å². The van der Waals surface area contributed by atoms with Crippen LogP contribution in [0.1, 0.15) is 15.9 Å². The number of hydrogen-bond acceptors (Lipinski definition) is 3. The zero-order valence-electron chi connectivity index (χ0n) is 11.1. The number of pyridine rings is 1. The number of imidazole rings is 1. The number of nitrogens with zero attached hydrogens (tertiary/aromatic N) is 2. The van der Waals surface area contributed by atoms with Gasteiger partial charge in [-0.2, -0.15) is 13.2 Å². The third kappa shape index (κ3) is 2.60. The molecule has 9 heteroatoms. The second kappa shape index (κ2) is 5.04. The summed E-state index contributed by atoms with van der Waals surface area (Å²) in [5, 5.41) is 9.07. The van der Waals surface area contributed by atoms with E-state index in [-0.39, 0.29) is 22.6 Å². The Kier molecular flexibility index (Phi) is 3.28. The van der Waals surface area contributed by atoms with Crippen molar-refractivity contribution in [2.45, 2.75) is 6.18 Å².